The molecule has 0 fully saturated rings. The fourth-order valence-electron chi connectivity index (χ4n) is 2.47. The van der Waals surface area contributed by atoms with Crippen LogP contribution in [0.3, 0.4) is 0 Å². The Morgan fingerprint density at radius 3 is 2.55 bits per heavy atom. The summed E-state index contributed by atoms with van der Waals surface area (Å²) in [6, 6.07) is 5.03. The summed E-state index contributed by atoms with van der Waals surface area (Å²) in [5, 5.41) is 9.17. The van der Waals surface area contributed by atoms with E-state index in [1.807, 2.05) is 0 Å². The smallest absolute Gasteiger partial charge is 0.431 e. The van der Waals surface area contributed by atoms with E-state index in [1.165, 1.54) is 7.05 Å². The van der Waals surface area contributed by atoms with Gasteiger partial charge in [-0.3, -0.25) is 4.79 Å². The fraction of sp³-hybridized carbons (Fsp3) is 0.357. The number of benzene rings is 1. The summed E-state index contributed by atoms with van der Waals surface area (Å²) < 4.78 is 40.7. The van der Waals surface area contributed by atoms with E-state index in [9.17, 15) is 18.0 Å². The molecule has 0 atom stereocenters. The molecule has 1 N–H and O–H groups in total. The Bertz CT molecular complexity index is 671. The van der Waals surface area contributed by atoms with E-state index in [-0.39, 0.29) is 18.4 Å². The molecular weight excluding hydrogens is 271 g/mol. The second-order valence-electron chi connectivity index (χ2n) is 4.80. The van der Waals surface area contributed by atoms with Crippen LogP contribution in [0.4, 0.5) is 13.2 Å². The normalized spacial score (nSPS) is 12.1. The quantitative estimate of drug-likeness (QED) is 0.937. The summed E-state index contributed by atoms with van der Waals surface area (Å²) in [5.74, 6) is -1.11. The van der Waals surface area contributed by atoms with E-state index in [0.717, 1.165) is 10.1 Å². The lowest BCUT2D eigenvalue weighted by Crippen LogP contribution is -2.14. The van der Waals surface area contributed by atoms with Crippen LogP contribution in [-0.2, 0) is 24.4 Å². The number of alkyl halides is 3. The third-order valence-corrected chi connectivity index (χ3v) is 3.32. The third kappa shape index (κ3) is 2.50. The Morgan fingerprint density at radius 2 is 2.00 bits per heavy atom. The maximum atomic E-state index is 13.2. The lowest BCUT2D eigenvalue weighted by atomic mass is 10.0. The van der Waals surface area contributed by atoms with E-state index in [2.05, 4.69) is 0 Å². The molecule has 0 aliphatic rings. The van der Waals surface area contributed by atoms with Crippen LogP contribution in [0.15, 0.2) is 18.2 Å². The predicted molar refractivity (Wildman–Crippen MR) is 68.6 cm³/mol. The highest BCUT2D eigenvalue weighted by molar-refractivity contribution is 5.87. The highest BCUT2D eigenvalue weighted by Crippen LogP contribution is 2.38. The number of fused-ring (bicyclic) bond motifs is 1. The van der Waals surface area contributed by atoms with Gasteiger partial charge in [-0.1, -0.05) is 12.1 Å². The van der Waals surface area contributed by atoms with Gasteiger partial charge in [-0.15, -0.1) is 0 Å². The van der Waals surface area contributed by atoms with Gasteiger partial charge in [0, 0.05) is 24.4 Å². The SMILES string of the molecule is Cc1ccc2c(CCC(=O)O)c(C(F)(F)F)n(C)c2c1. The molecule has 108 valence electrons. The van der Waals surface area contributed by atoms with Gasteiger partial charge in [0.1, 0.15) is 5.69 Å². The predicted octanol–water partition coefficient (Wildman–Crippen LogP) is 3.52. The molecule has 2 aromatic rings. The second-order valence-corrected chi connectivity index (χ2v) is 4.80. The van der Waals surface area contributed by atoms with Crippen LogP contribution < -0.4 is 0 Å². The van der Waals surface area contributed by atoms with Crippen LogP contribution in [0, 0.1) is 6.92 Å². The number of rotatable bonds is 3. The molecule has 0 spiro atoms. The number of aromatic nitrogens is 1. The van der Waals surface area contributed by atoms with Gasteiger partial charge in [-0.05, 0) is 30.5 Å². The number of aryl methyl sites for hydroxylation is 3. The highest BCUT2D eigenvalue weighted by atomic mass is 19.4. The first-order chi connectivity index (χ1) is 9.21. The number of carboxylic acid groups (broad SMARTS) is 1. The van der Waals surface area contributed by atoms with E-state index < -0.39 is 17.8 Å². The molecule has 0 saturated heterocycles. The summed E-state index contributed by atoms with van der Waals surface area (Å²) in [6.07, 6.45) is -4.96. The maximum absolute atomic E-state index is 13.2. The Labute approximate surface area is 113 Å². The van der Waals surface area contributed by atoms with Gasteiger partial charge in [0.2, 0.25) is 0 Å². The Morgan fingerprint density at radius 1 is 1.35 bits per heavy atom. The van der Waals surface area contributed by atoms with Crippen molar-refractivity contribution in [3.05, 3.63) is 35.0 Å². The molecule has 1 aromatic carbocycles. The van der Waals surface area contributed by atoms with Crippen molar-refractivity contribution in [2.75, 3.05) is 0 Å². The molecule has 1 aromatic heterocycles. The molecule has 0 amide bonds. The van der Waals surface area contributed by atoms with Crippen molar-refractivity contribution in [2.45, 2.75) is 25.9 Å². The Balaban J connectivity index is 2.70. The van der Waals surface area contributed by atoms with Crippen molar-refractivity contribution >= 4 is 16.9 Å². The first kappa shape index (κ1) is 14.4. The van der Waals surface area contributed by atoms with Gasteiger partial charge in [-0.2, -0.15) is 13.2 Å². The number of nitrogens with zero attached hydrogens (tertiary/aromatic N) is 1. The largest absolute Gasteiger partial charge is 0.481 e. The minimum atomic E-state index is -4.50. The molecule has 1 heterocycles. The van der Waals surface area contributed by atoms with Gasteiger partial charge in [-0.25, -0.2) is 0 Å². The van der Waals surface area contributed by atoms with Gasteiger partial charge >= 0.3 is 12.1 Å². The van der Waals surface area contributed by atoms with Crippen LogP contribution >= 0.6 is 0 Å². The number of aliphatic carboxylic acids is 1. The molecule has 0 saturated carbocycles. The summed E-state index contributed by atoms with van der Waals surface area (Å²) in [6.45, 7) is 1.80. The topological polar surface area (TPSA) is 42.2 Å². The van der Waals surface area contributed by atoms with Crippen LogP contribution in [-0.4, -0.2) is 15.6 Å². The average Bonchev–Trinajstić information content (AvgIpc) is 2.59. The minimum absolute atomic E-state index is 0.0531. The van der Waals surface area contributed by atoms with E-state index in [4.69, 9.17) is 5.11 Å². The molecule has 0 radical (unpaired) electrons. The molecule has 6 heteroatoms. The van der Waals surface area contributed by atoms with E-state index in [1.54, 1.807) is 25.1 Å². The van der Waals surface area contributed by atoms with Gasteiger partial charge in [0.25, 0.3) is 0 Å². The zero-order valence-electron chi connectivity index (χ0n) is 11.1. The lowest BCUT2D eigenvalue weighted by Gasteiger charge is -2.11. The van der Waals surface area contributed by atoms with Crippen molar-refractivity contribution in [1.82, 2.24) is 4.57 Å². The molecule has 0 aliphatic heterocycles. The van der Waals surface area contributed by atoms with Gasteiger partial charge < -0.3 is 9.67 Å². The number of hydrogen-bond acceptors (Lipinski definition) is 1. The van der Waals surface area contributed by atoms with Gasteiger partial charge in [0.15, 0.2) is 0 Å². The summed E-state index contributed by atoms with van der Waals surface area (Å²) in [5.41, 5.74) is 0.617. The number of carbonyl (C=O) groups is 1. The lowest BCUT2D eigenvalue weighted by molar-refractivity contribution is -0.144. The van der Waals surface area contributed by atoms with Crippen LogP contribution in [0.5, 0.6) is 0 Å². The average molecular weight is 285 g/mol. The van der Waals surface area contributed by atoms with Crippen molar-refractivity contribution in [3.63, 3.8) is 0 Å². The fourth-order valence-corrected chi connectivity index (χ4v) is 2.47. The van der Waals surface area contributed by atoms with Crippen LogP contribution in [0.1, 0.15) is 23.2 Å². The van der Waals surface area contributed by atoms with Crippen molar-refractivity contribution in [2.24, 2.45) is 7.05 Å². The first-order valence-electron chi connectivity index (χ1n) is 6.08. The third-order valence-electron chi connectivity index (χ3n) is 3.32. The van der Waals surface area contributed by atoms with Gasteiger partial charge in [0.05, 0.1) is 0 Å². The van der Waals surface area contributed by atoms with Crippen LogP contribution in [0.25, 0.3) is 10.9 Å². The summed E-state index contributed by atoms with van der Waals surface area (Å²) in [7, 11) is 1.36. The number of halogens is 3. The zero-order valence-corrected chi connectivity index (χ0v) is 11.1. The standard InChI is InChI=1S/C14H14F3NO2/c1-8-3-4-9-10(5-6-12(19)20)13(14(15,16)17)18(2)11(9)7-8/h3-4,7H,5-6H2,1-2H3,(H,19,20). The molecule has 0 bridgehead atoms. The Hall–Kier alpha value is -1.98. The van der Waals surface area contributed by atoms with Crippen molar-refractivity contribution < 1.29 is 23.1 Å². The molecule has 0 aliphatic carbocycles. The molecule has 2 rings (SSSR count). The monoisotopic (exact) mass is 285 g/mol. The zero-order chi connectivity index (χ0) is 15.1. The number of carboxylic acids is 1. The highest BCUT2D eigenvalue weighted by Gasteiger charge is 2.38. The molecule has 20 heavy (non-hydrogen) atoms. The minimum Gasteiger partial charge on any atom is -0.481 e. The van der Waals surface area contributed by atoms with Crippen molar-refractivity contribution in [3.8, 4) is 0 Å². The second kappa shape index (κ2) is 4.85. The number of hydrogen-bond donors (Lipinski definition) is 1. The molecule has 0 unspecified atom stereocenters. The summed E-state index contributed by atoms with van der Waals surface area (Å²) in [4.78, 5) is 10.6. The molecular formula is C14H14F3NO2. The van der Waals surface area contributed by atoms with E-state index >= 15 is 0 Å². The maximum Gasteiger partial charge on any atom is 0.431 e. The van der Waals surface area contributed by atoms with Crippen molar-refractivity contribution in [1.29, 1.82) is 0 Å². The Kier molecular flexibility index (Phi) is 3.50. The van der Waals surface area contributed by atoms with Crippen LogP contribution in [0.2, 0.25) is 0 Å². The molecule has 3 nitrogen and oxygen atoms in total. The van der Waals surface area contributed by atoms with E-state index in [0.29, 0.717) is 10.9 Å². The summed E-state index contributed by atoms with van der Waals surface area (Å²) >= 11 is 0. The first-order valence-corrected chi connectivity index (χ1v) is 6.08.